The number of nitrogens with zero attached hydrogens (tertiary/aromatic N) is 2. The Morgan fingerprint density at radius 2 is 1.73 bits per heavy atom. The van der Waals surface area contributed by atoms with Crippen molar-refractivity contribution < 1.29 is 13.3 Å². The van der Waals surface area contributed by atoms with E-state index in [1.54, 1.807) is 33.9 Å². The normalized spacial score (nSPS) is 10.7. The van der Waals surface area contributed by atoms with Crippen LogP contribution in [0.3, 0.4) is 0 Å². The van der Waals surface area contributed by atoms with E-state index >= 15 is 0 Å². The lowest BCUT2D eigenvalue weighted by molar-refractivity contribution is 0.132. The minimum absolute atomic E-state index is 1.01. The molecule has 88 valence electrons. The van der Waals surface area contributed by atoms with Gasteiger partial charge in [-0.1, -0.05) is 0 Å². The van der Waals surface area contributed by atoms with Gasteiger partial charge in [-0.05, 0) is 6.92 Å². The summed E-state index contributed by atoms with van der Waals surface area (Å²) < 4.78 is 16.8. The lowest BCUT2D eigenvalue weighted by Crippen LogP contribution is -2.38. The van der Waals surface area contributed by atoms with Crippen LogP contribution in [0.5, 0.6) is 0 Å². The van der Waals surface area contributed by atoms with E-state index in [2.05, 4.69) is 11.9 Å². The van der Waals surface area contributed by atoms with E-state index in [4.69, 9.17) is 13.3 Å². The minimum Gasteiger partial charge on any atom is -0.377 e. The van der Waals surface area contributed by atoms with E-state index in [9.17, 15) is 0 Å². The van der Waals surface area contributed by atoms with Crippen LogP contribution in [0.25, 0.3) is 0 Å². The first-order valence-electron chi connectivity index (χ1n) is 4.73. The predicted octanol–water partition coefficient (Wildman–Crippen LogP) is 1.40. The zero-order chi connectivity index (χ0) is 11.7. The van der Waals surface area contributed by atoms with Crippen molar-refractivity contribution in [1.82, 2.24) is 9.55 Å². The summed E-state index contributed by atoms with van der Waals surface area (Å²) in [6.07, 6.45) is 5.53. The first-order valence-corrected chi connectivity index (χ1v) is 6.95. The molecule has 6 heteroatoms. The Labute approximate surface area is 92.4 Å². The van der Waals surface area contributed by atoms with Crippen LogP contribution in [-0.2, 0) is 19.8 Å². The van der Waals surface area contributed by atoms with Gasteiger partial charge in [0.05, 0.1) is 6.33 Å². The van der Waals surface area contributed by atoms with Crippen LogP contribution in [0.2, 0.25) is 6.55 Å². The molecule has 0 aliphatic carbocycles. The number of aryl methyl sites for hydroxylation is 1. The molecule has 0 unspecified atom stereocenters. The summed E-state index contributed by atoms with van der Waals surface area (Å²) in [5.74, 6) is 0. The number of hydrogen-bond acceptors (Lipinski definition) is 4. The number of hydrogen-bond donors (Lipinski definition) is 0. The van der Waals surface area contributed by atoms with Crippen LogP contribution in [-0.4, -0.2) is 39.7 Å². The Hall–Kier alpha value is -0.693. The lowest BCUT2D eigenvalue weighted by Gasteiger charge is -2.18. The molecule has 0 bridgehead atoms. The van der Waals surface area contributed by atoms with Crippen molar-refractivity contribution in [2.24, 2.45) is 0 Å². The summed E-state index contributed by atoms with van der Waals surface area (Å²) in [4.78, 5) is 3.86. The van der Waals surface area contributed by atoms with Crippen molar-refractivity contribution in [3.8, 4) is 0 Å². The van der Waals surface area contributed by atoms with Crippen LogP contribution in [0.1, 0.15) is 6.92 Å². The predicted molar refractivity (Wildman–Crippen MR) is 60.5 cm³/mol. The Morgan fingerprint density at radius 1 is 1.20 bits per heavy atom. The third kappa shape index (κ3) is 5.68. The molecule has 0 N–H and O–H groups in total. The van der Waals surface area contributed by atoms with E-state index in [1.807, 2.05) is 17.3 Å². The molecular weight excluding hydrogens is 212 g/mol. The molecule has 1 heterocycles. The number of imidazole rings is 1. The van der Waals surface area contributed by atoms with Gasteiger partial charge in [-0.3, -0.25) is 0 Å². The van der Waals surface area contributed by atoms with Gasteiger partial charge < -0.3 is 17.8 Å². The molecule has 0 radical (unpaired) electrons. The molecule has 0 aromatic carbocycles. The van der Waals surface area contributed by atoms with Crippen LogP contribution in [0, 0.1) is 0 Å². The Kier molecular flexibility index (Phi) is 7.23. The first kappa shape index (κ1) is 14.3. The molecule has 0 saturated heterocycles. The topological polar surface area (TPSA) is 45.5 Å². The van der Waals surface area contributed by atoms with E-state index in [0.29, 0.717) is 0 Å². The first-order chi connectivity index (χ1) is 7.11. The molecule has 5 nitrogen and oxygen atoms in total. The summed E-state index contributed by atoms with van der Waals surface area (Å²) in [6.45, 7) is 4.93. The van der Waals surface area contributed by atoms with Crippen LogP contribution >= 0.6 is 0 Å². The highest BCUT2D eigenvalue weighted by atomic mass is 28.4. The fraction of sp³-hybridized carbons (Fsp3) is 0.667. The molecular formula is C9H20N2O3Si. The second kappa shape index (κ2) is 7.58. The van der Waals surface area contributed by atoms with Gasteiger partial charge in [0.25, 0.3) is 0 Å². The highest BCUT2D eigenvalue weighted by Gasteiger charge is 2.29. The molecule has 0 amide bonds. The van der Waals surface area contributed by atoms with Gasteiger partial charge in [0.2, 0.25) is 0 Å². The SMILES string of the molecule is CCn1ccnc1.CO[Si](C)(OC)OC. The van der Waals surface area contributed by atoms with Crippen LogP contribution in [0.4, 0.5) is 0 Å². The Bertz CT molecular complexity index is 229. The smallest absolute Gasteiger partial charge is 0.377 e. The molecule has 0 saturated carbocycles. The third-order valence-electron chi connectivity index (χ3n) is 2.04. The fourth-order valence-electron chi connectivity index (χ4n) is 0.724. The third-order valence-corrected chi connectivity index (χ3v) is 4.26. The Balaban J connectivity index is 0.000000262. The summed E-state index contributed by atoms with van der Waals surface area (Å²) >= 11 is 0. The maximum Gasteiger partial charge on any atom is 0.496 e. The second-order valence-corrected chi connectivity index (χ2v) is 5.82. The maximum absolute atomic E-state index is 4.93. The molecule has 0 atom stereocenters. The quantitative estimate of drug-likeness (QED) is 0.736. The lowest BCUT2D eigenvalue weighted by atomic mass is 10.7. The molecule has 1 aromatic rings. The maximum atomic E-state index is 4.93. The summed E-state index contributed by atoms with van der Waals surface area (Å²) in [5, 5.41) is 0. The molecule has 0 spiro atoms. The number of aromatic nitrogens is 2. The average molecular weight is 232 g/mol. The minimum atomic E-state index is -2.17. The van der Waals surface area contributed by atoms with E-state index in [-0.39, 0.29) is 0 Å². The van der Waals surface area contributed by atoms with Gasteiger partial charge in [-0.25, -0.2) is 4.98 Å². The standard InChI is InChI=1S/C5H8N2.C4H12O3Si/c1-2-7-4-3-6-5-7;1-5-8(4,6-2)7-3/h3-5H,2H2,1H3;1-4H3. The monoisotopic (exact) mass is 232 g/mol. The van der Waals surface area contributed by atoms with Crippen molar-refractivity contribution >= 4 is 8.80 Å². The van der Waals surface area contributed by atoms with Crippen molar-refractivity contribution in [2.75, 3.05) is 21.3 Å². The number of rotatable bonds is 4. The van der Waals surface area contributed by atoms with Crippen LogP contribution in [0.15, 0.2) is 18.7 Å². The summed E-state index contributed by atoms with van der Waals surface area (Å²) in [7, 11) is 2.58. The molecule has 0 fully saturated rings. The highest BCUT2D eigenvalue weighted by Crippen LogP contribution is 2.02. The van der Waals surface area contributed by atoms with E-state index in [1.165, 1.54) is 0 Å². The molecule has 0 aliphatic heterocycles. The zero-order valence-electron chi connectivity index (χ0n) is 10.1. The van der Waals surface area contributed by atoms with Gasteiger partial charge in [0.15, 0.2) is 0 Å². The Morgan fingerprint density at radius 3 is 1.87 bits per heavy atom. The largest absolute Gasteiger partial charge is 0.496 e. The summed E-state index contributed by atoms with van der Waals surface area (Å²) in [6, 6.07) is 0. The van der Waals surface area contributed by atoms with E-state index in [0.717, 1.165) is 6.54 Å². The van der Waals surface area contributed by atoms with Gasteiger partial charge in [-0.15, -0.1) is 0 Å². The van der Waals surface area contributed by atoms with Crippen molar-refractivity contribution in [2.45, 2.75) is 20.0 Å². The van der Waals surface area contributed by atoms with Gasteiger partial charge >= 0.3 is 8.80 Å². The average Bonchev–Trinajstić information content (AvgIpc) is 2.81. The van der Waals surface area contributed by atoms with E-state index < -0.39 is 8.80 Å². The molecule has 1 aromatic heterocycles. The zero-order valence-corrected chi connectivity index (χ0v) is 11.1. The molecule has 15 heavy (non-hydrogen) atoms. The highest BCUT2D eigenvalue weighted by molar-refractivity contribution is 6.58. The van der Waals surface area contributed by atoms with Crippen molar-refractivity contribution in [3.05, 3.63) is 18.7 Å². The van der Waals surface area contributed by atoms with Gasteiger partial charge in [-0.2, -0.15) is 0 Å². The molecule has 0 aliphatic rings. The van der Waals surface area contributed by atoms with Gasteiger partial charge in [0.1, 0.15) is 0 Å². The van der Waals surface area contributed by atoms with Crippen molar-refractivity contribution in [3.63, 3.8) is 0 Å². The van der Waals surface area contributed by atoms with Crippen LogP contribution < -0.4 is 0 Å². The summed E-state index contributed by atoms with van der Waals surface area (Å²) in [5.41, 5.74) is 0. The second-order valence-electron chi connectivity index (χ2n) is 2.87. The van der Waals surface area contributed by atoms with Gasteiger partial charge in [0, 0.05) is 46.8 Å². The fourth-order valence-corrected chi connectivity index (χ4v) is 1.22. The van der Waals surface area contributed by atoms with Crippen molar-refractivity contribution in [1.29, 1.82) is 0 Å². The molecule has 1 rings (SSSR count).